The highest BCUT2D eigenvalue weighted by atomic mass is 16.6. The van der Waals surface area contributed by atoms with Gasteiger partial charge in [0.05, 0.1) is 6.04 Å². The van der Waals surface area contributed by atoms with Crippen molar-refractivity contribution in [3.63, 3.8) is 0 Å². The SMILES string of the molecule is CC(C)=CC(=O)CC[C@H](NC(=O)OC(C)(C)C)C(=O)N1C[C@H]2C([C@H]1C(=O)NC(CC1CCC1)C(O)C(N)=O)C2(C)C. The maximum absolute atomic E-state index is 14.0. The standard InChI is InChI=1S/C30H48N4O7/c1-16(2)13-18(35)11-12-20(33-28(40)41-29(3,4)5)27(39)34-15-19-22(30(19,6)7)23(34)26(38)32-21(24(36)25(31)37)14-17-9-8-10-17/h13,17,19-24,36H,8-12,14-15H2,1-7H3,(H2,31,37)(H,32,38)(H,33,40)/t19-,20-,21?,22?,23-,24?/m0/s1. The summed E-state index contributed by atoms with van der Waals surface area (Å²) in [5.41, 5.74) is 5.23. The molecule has 5 N–H and O–H groups in total. The highest BCUT2D eigenvalue weighted by Crippen LogP contribution is 2.65. The molecule has 3 aliphatic rings. The number of hydrogen-bond acceptors (Lipinski definition) is 7. The number of nitrogens with zero attached hydrogens (tertiary/aromatic N) is 1. The fourth-order valence-corrected chi connectivity index (χ4v) is 6.22. The Morgan fingerprint density at radius 3 is 2.27 bits per heavy atom. The summed E-state index contributed by atoms with van der Waals surface area (Å²) in [4.78, 5) is 66.1. The van der Waals surface area contributed by atoms with E-state index in [4.69, 9.17) is 10.5 Å². The summed E-state index contributed by atoms with van der Waals surface area (Å²) in [6, 6.07) is -2.80. The van der Waals surface area contributed by atoms with Gasteiger partial charge < -0.3 is 31.1 Å². The Kier molecular flexibility index (Phi) is 9.93. The molecule has 11 nitrogen and oxygen atoms in total. The van der Waals surface area contributed by atoms with Gasteiger partial charge in [0.25, 0.3) is 0 Å². The fourth-order valence-electron chi connectivity index (χ4n) is 6.22. The monoisotopic (exact) mass is 576 g/mol. The molecule has 0 spiro atoms. The summed E-state index contributed by atoms with van der Waals surface area (Å²) in [5.74, 6) is -1.80. The Morgan fingerprint density at radius 2 is 1.76 bits per heavy atom. The minimum atomic E-state index is -1.55. The van der Waals surface area contributed by atoms with Gasteiger partial charge in [0, 0.05) is 13.0 Å². The molecule has 11 heteroatoms. The molecule has 1 aliphatic heterocycles. The van der Waals surface area contributed by atoms with E-state index < -0.39 is 53.6 Å². The van der Waals surface area contributed by atoms with Gasteiger partial charge in [-0.3, -0.25) is 19.2 Å². The van der Waals surface area contributed by atoms with Crippen molar-refractivity contribution in [3.05, 3.63) is 11.6 Å². The number of aliphatic hydroxyl groups is 1. The number of amides is 4. The molecule has 0 bridgehead atoms. The Morgan fingerprint density at radius 1 is 1.12 bits per heavy atom. The first-order valence-corrected chi connectivity index (χ1v) is 14.7. The van der Waals surface area contributed by atoms with Crippen molar-refractivity contribution in [1.82, 2.24) is 15.5 Å². The molecule has 0 aromatic heterocycles. The molecule has 1 saturated heterocycles. The van der Waals surface area contributed by atoms with Crippen LogP contribution in [0.2, 0.25) is 0 Å². The lowest BCUT2D eigenvalue weighted by atomic mass is 9.79. The van der Waals surface area contributed by atoms with Gasteiger partial charge in [-0.2, -0.15) is 0 Å². The summed E-state index contributed by atoms with van der Waals surface area (Å²) in [6.07, 6.45) is 2.60. The molecule has 3 rings (SSSR count). The third-order valence-corrected chi connectivity index (χ3v) is 8.69. The molecule has 1 heterocycles. The first-order valence-electron chi connectivity index (χ1n) is 14.7. The van der Waals surface area contributed by atoms with Crippen molar-refractivity contribution in [1.29, 1.82) is 0 Å². The van der Waals surface area contributed by atoms with Crippen LogP contribution in [0.5, 0.6) is 0 Å². The molecular formula is C30H48N4O7. The Hall–Kier alpha value is -2.95. The molecule has 0 aromatic rings. The minimum absolute atomic E-state index is 0.0225. The lowest BCUT2D eigenvalue weighted by molar-refractivity contribution is -0.143. The number of fused-ring (bicyclic) bond motifs is 1. The van der Waals surface area contributed by atoms with Crippen LogP contribution < -0.4 is 16.4 Å². The van der Waals surface area contributed by atoms with Gasteiger partial charge in [0.15, 0.2) is 11.9 Å². The number of nitrogens with two attached hydrogens (primary N) is 1. The normalized spacial score (nSPS) is 25.1. The summed E-state index contributed by atoms with van der Waals surface area (Å²) in [6.45, 7) is 13.1. The molecule has 6 atom stereocenters. The van der Waals surface area contributed by atoms with E-state index in [1.54, 1.807) is 34.6 Å². The van der Waals surface area contributed by atoms with Crippen LogP contribution >= 0.6 is 0 Å². The summed E-state index contributed by atoms with van der Waals surface area (Å²) < 4.78 is 5.38. The number of ether oxygens (including phenoxy) is 1. The molecule has 0 aromatic carbocycles. The fraction of sp³-hybridized carbons (Fsp3) is 0.767. The predicted octanol–water partition coefficient (Wildman–Crippen LogP) is 2.20. The highest BCUT2D eigenvalue weighted by Gasteiger charge is 2.69. The molecule has 3 unspecified atom stereocenters. The first kappa shape index (κ1) is 32.6. The lowest BCUT2D eigenvalue weighted by Crippen LogP contribution is -2.59. The predicted molar refractivity (Wildman–Crippen MR) is 152 cm³/mol. The summed E-state index contributed by atoms with van der Waals surface area (Å²) in [5, 5.41) is 16.0. The average Bonchev–Trinajstić information content (AvgIpc) is 3.13. The zero-order valence-corrected chi connectivity index (χ0v) is 25.5. The molecule has 41 heavy (non-hydrogen) atoms. The molecule has 0 radical (unpaired) electrons. The Labute approximate surface area is 243 Å². The number of aliphatic hydroxyl groups excluding tert-OH is 1. The number of ketones is 1. The number of rotatable bonds is 12. The number of likely N-dealkylation sites (tertiary alicyclic amines) is 1. The third kappa shape index (κ3) is 8.08. The maximum atomic E-state index is 14.0. The van der Waals surface area contributed by atoms with Gasteiger partial charge in [-0.15, -0.1) is 0 Å². The van der Waals surface area contributed by atoms with Crippen LogP contribution in [0.15, 0.2) is 11.6 Å². The van der Waals surface area contributed by atoms with Crippen LogP contribution in [-0.2, 0) is 23.9 Å². The van der Waals surface area contributed by atoms with E-state index in [-0.39, 0.29) is 41.8 Å². The van der Waals surface area contributed by atoms with Crippen LogP contribution in [0, 0.1) is 23.2 Å². The van der Waals surface area contributed by atoms with Gasteiger partial charge in [0.2, 0.25) is 17.7 Å². The first-order chi connectivity index (χ1) is 18.9. The second kappa shape index (κ2) is 12.5. The number of allylic oxidation sites excluding steroid dienone is 2. The number of primary amides is 1. The van der Waals surface area contributed by atoms with Gasteiger partial charge in [-0.1, -0.05) is 38.7 Å². The van der Waals surface area contributed by atoms with Crippen molar-refractivity contribution < 1.29 is 33.8 Å². The van der Waals surface area contributed by atoms with Crippen LogP contribution in [0.4, 0.5) is 4.79 Å². The number of piperidine rings is 1. The van der Waals surface area contributed by atoms with E-state index in [9.17, 15) is 29.1 Å². The lowest BCUT2D eigenvalue weighted by Gasteiger charge is -2.36. The van der Waals surface area contributed by atoms with Crippen molar-refractivity contribution in [2.24, 2.45) is 28.9 Å². The van der Waals surface area contributed by atoms with Gasteiger partial charge >= 0.3 is 6.09 Å². The molecule has 230 valence electrons. The van der Waals surface area contributed by atoms with E-state index in [1.165, 1.54) is 11.0 Å². The smallest absolute Gasteiger partial charge is 0.408 e. The molecule has 3 fully saturated rings. The number of carbonyl (C=O) groups is 5. The Bertz CT molecular complexity index is 1070. The molecule has 2 aliphatic carbocycles. The summed E-state index contributed by atoms with van der Waals surface area (Å²) >= 11 is 0. The Balaban J connectivity index is 1.83. The van der Waals surface area contributed by atoms with Crippen molar-refractivity contribution in [2.45, 2.75) is 117 Å². The second-order valence-electron chi connectivity index (χ2n) is 13.8. The molecule has 4 amide bonds. The van der Waals surface area contributed by atoms with E-state index >= 15 is 0 Å². The minimum Gasteiger partial charge on any atom is -0.444 e. The van der Waals surface area contributed by atoms with E-state index in [1.807, 2.05) is 13.8 Å². The zero-order chi connectivity index (χ0) is 30.9. The average molecular weight is 577 g/mol. The van der Waals surface area contributed by atoms with Gasteiger partial charge in [-0.25, -0.2) is 4.79 Å². The van der Waals surface area contributed by atoms with Crippen LogP contribution in [0.25, 0.3) is 0 Å². The van der Waals surface area contributed by atoms with Gasteiger partial charge in [0.1, 0.15) is 17.7 Å². The van der Waals surface area contributed by atoms with Crippen molar-refractivity contribution in [2.75, 3.05) is 6.54 Å². The van der Waals surface area contributed by atoms with Crippen LogP contribution in [-0.4, -0.2) is 76.0 Å². The van der Waals surface area contributed by atoms with Crippen LogP contribution in [0.3, 0.4) is 0 Å². The van der Waals surface area contributed by atoms with E-state index in [0.717, 1.165) is 24.8 Å². The number of hydrogen-bond donors (Lipinski definition) is 4. The van der Waals surface area contributed by atoms with E-state index in [2.05, 4.69) is 10.6 Å². The zero-order valence-electron chi connectivity index (χ0n) is 25.5. The van der Waals surface area contributed by atoms with Crippen molar-refractivity contribution in [3.8, 4) is 0 Å². The highest BCUT2D eigenvalue weighted by molar-refractivity contribution is 5.94. The molecule has 2 saturated carbocycles. The van der Waals surface area contributed by atoms with E-state index in [0.29, 0.717) is 13.0 Å². The van der Waals surface area contributed by atoms with Crippen molar-refractivity contribution >= 4 is 29.6 Å². The number of alkyl carbamates (subject to hydrolysis) is 1. The number of nitrogens with one attached hydrogen (secondary N) is 2. The topological polar surface area (TPSA) is 168 Å². The third-order valence-electron chi connectivity index (χ3n) is 8.69. The summed E-state index contributed by atoms with van der Waals surface area (Å²) in [7, 11) is 0. The molecular weight excluding hydrogens is 528 g/mol. The van der Waals surface area contributed by atoms with Crippen LogP contribution in [0.1, 0.15) is 87.0 Å². The second-order valence-corrected chi connectivity index (χ2v) is 13.8. The quantitative estimate of drug-likeness (QED) is 0.258. The maximum Gasteiger partial charge on any atom is 0.408 e. The largest absolute Gasteiger partial charge is 0.444 e. The number of carbonyl (C=O) groups excluding carboxylic acids is 5. The van der Waals surface area contributed by atoms with Gasteiger partial charge in [-0.05, 0) is 76.7 Å².